The highest BCUT2D eigenvalue weighted by Gasteiger charge is 2.01. The molecule has 102 valence electrons. The molecule has 0 amide bonds. The zero-order valence-electron chi connectivity index (χ0n) is 11.5. The smallest absolute Gasteiger partial charge is 0.0727 e. The molecular weight excluding hydrogens is 290 g/mol. The molecule has 18 heavy (non-hydrogen) atoms. The third-order valence-electron chi connectivity index (χ3n) is 2.90. The van der Waals surface area contributed by atoms with Crippen LogP contribution in [0.15, 0.2) is 22.7 Å². The molecule has 0 saturated carbocycles. The van der Waals surface area contributed by atoms with E-state index in [1.54, 1.807) is 0 Å². The molecular formula is C15H24BrNO. The van der Waals surface area contributed by atoms with Crippen molar-refractivity contribution >= 4 is 15.9 Å². The average Bonchev–Trinajstić information content (AvgIpc) is 2.36. The van der Waals surface area contributed by atoms with Gasteiger partial charge in [0.25, 0.3) is 0 Å². The molecule has 3 heteroatoms. The van der Waals surface area contributed by atoms with E-state index in [2.05, 4.69) is 46.4 Å². The first-order valence-corrected chi connectivity index (χ1v) is 7.57. The molecule has 0 heterocycles. The van der Waals surface area contributed by atoms with E-state index in [1.807, 2.05) is 7.05 Å². The van der Waals surface area contributed by atoms with Crippen molar-refractivity contribution in [3.05, 3.63) is 33.8 Å². The lowest BCUT2D eigenvalue weighted by atomic mass is 10.1. The lowest BCUT2D eigenvalue weighted by molar-refractivity contribution is 0.116. The molecule has 0 aromatic heterocycles. The van der Waals surface area contributed by atoms with Crippen LogP contribution in [0, 0.1) is 0 Å². The average molecular weight is 314 g/mol. The largest absolute Gasteiger partial charge is 0.377 e. The Hall–Kier alpha value is -0.380. The van der Waals surface area contributed by atoms with Crippen LogP contribution in [-0.2, 0) is 17.9 Å². The van der Waals surface area contributed by atoms with Crippen LogP contribution in [0.5, 0.6) is 0 Å². The quantitative estimate of drug-likeness (QED) is 0.688. The number of unbranched alkanes of at least 4 members (excludes halogenated alkanes) is 3. The summed E-state index contributed by atoms with van der Waals surface area (Å²) in [6.45, 7) is 4.69. The number of halogens is 1. The van der Waals surface area contributed by atoms with Crippen LogP contribution >= 0.6 is 15.9 Å². The van der Waals surface area contributed by atoms with Gasteiger partial charge in [-0.15, -0.1) is 0 Å². The molecule has 0 atom stereocenters. The van der Waals surface area contributed by atoms with E-state index in [1.165, 1.54) is 36.8 Å². The van der Waals surface area contributed by atoms with Gasteiger partial charge < -0.3 is 10.1 Å². The first-order valence-electron chi connectivity index (χ1n) is 6.77. The van der Waals surface area contributed by atoms with Crippen molar-refractivity contribution in [2.75, 3.05) is 13.7 Å². The van der Waals surface area contributed by atoms with Crippen molar-refractivity contribution in [2.24, 2.45) is 0 Å². The van der Waals surface area contributed by atoms with Gasteiger partial charge >= 0.3 is 0 Å². The monoisotopic (exact) mass is 313 g/mol. The van der Waals surface area contributed by atoms with E-state index in [4.69, 9.17) is 4.74 Å². The molecule has 1 aromatic carbocycles. The molecule has 0 aliphatic rings. The summed E-state index contributed by atoms with van der Waals surface area (Å²) < 4.78 is 6.84. The van der Waals surface area contributed by atoms with E-state index in [0.717, 1.165) is 17.6 Å². The van der Waals surface area contributed by atoms with Gasteiger partial charge in [-0.2, -0.15) is 0 Å². The number of rotatable bonds is 9. The maximum Gasteiger partial charge on any atom is 0.0727 e. The lowest BCUT2D eigenvalue weighted by Crippen LogP contribution is -2.05. The third kappa shape index (κ3) is 5.98. The molecule has 1 rings (SSSR count). The fraction of sp³-hybridized carbons (Fsp3) is 0.600. The highest BCUT2D eigenvalue weighted by Crippen LogP contribution is 2.19. The van der Waals surface area contributed by atoms with Crippen molar-refractivity contribution in [3.8, 4) is 0 Å². The van der Waals surface area contributed by atoms with Gasteiger partial charge in [-0.25, -0.2) is 0 Å². The van der Waals surface area contributed by atoms with Crippen molar-refractivity contribution in [2.45, 2.75) is 45.8 Å². The Balaban J connectivity index is 2.29. The Morgan fingerprint density at radius 3 is 2.72 bits per heavy atom. The Morgan fingerprint density at radius 2 is 2.06 bits per heavy atom. The summed E-state index contributed by atoms with van der Waals surface area (Å²) in [6.07, 6.45) is 5.03. The van der Waals surface area contributed by atoms with Gasteiger partial charge in [0.1, 0.15) is 0 Å². The maximum absolute atomic E-state index is 5.70. The molecule has 0 saturated heterocycles. The van der Waals surface area contributed by atoms with E-state index in [-0.39, 0.29) is 0 Å². The standard InChI is InChI=1S/C15H24BrNO/c1-3-4-5-6-9-18-12-14-8-7-13(11-17-2)10-15(14)16/h7-8,10,17H,3-6,9,11-12H2,1-2H3. The number of benzene rings is 1. The Bertz CT molecular complexity index is 341. The molecule has 0 fully saturated rings. The van der Waals surface area contributed by atoms with E-state index in [0.29, 0.717) is 6.61 Å². The van der Waals surface area contributed by atoms with Crippen molar-refractivity contribution in [3.63, 3.8) is 0 Å². The van der Waals surface area contributed by atoms with Crippen LogP contribution in [-0.4, -0.2) is 13.7 Å². The second-order valence-corrected chi connectivity index (χ2v) is 5.42. The summed E-state index contributed by atoms with van der Waals surface area (Å²) in [5.74, 6) is 0. The van der Waals surface area contributed by atoms with Crippen LogP contribution in [0.25, 0.3) is 0 Å². The lowest BCUT2D eigenvalue weighted by Gasteiger charge is -2.08. The van der Waals surface area contributed by atoms with Crippen LogP contribution in [0.3, 0.4) is 0 Å². The van der Waals surface area contributed by atoms with Crippen molar-refractivity contribution in [1.29, 1.82) is 0 Å². The fourth-order valence-corrected chi connectivity index (χ4v) is 2.38. The molecule has 1 N–H and O–H groups in total. The van der Waals surface area contributed by atoms with E-state index < -0.39 is 0 Å². The van der Waals surface area contributed by atoms with Gasteiger partial charge in [-0.1, -0.05) is 54.2 Å². The zero-order chi connectivity index (χ0) is 13.2. The Morgan fingerprint density at radius 1 is 1.22 bits per heavy atom. The highest BCUT2D eigenvalue weighted by molar-refractivity contribution is 9.10. The van der Waals surface area contributed by atoms with Gasteiger partial charge in [0.15, 0.2) is 0 Å². The predicted octanol–water partition coefficient (Wildman–Crippen LogP) is 4.27. The molecule has 2 nitrogen and oxygen atoms in total. The maximum atomic E-state index is 5.70. The minimum absolute atomic E-state index is 0.701. The molecule has 1 aromatic rings. The Labute approximate surface area is 119 Å². The first kappa shape index (κ1) is 15.7. The van der Waals surface area contributed by atoms with Crippen LogP contribution in [0.2, 0.25) is 0 Å². The second-order valence-electron chi connectivity index (χ2n) is 4.57. The van der Waals surface area contributed by atoms with Crippen LogP contribution in [0.4, 0.5) is 0 Å². The fourth-order valence-electron chi connectivity index (χ4n) is 1.83. The number of nitrogens with one attached hydrogen (secondary N) is 1. The van der Waals surface area contributed by atoms with E-state index in [9.17, 15) is 0 Å². The first-order chi connectivity index (χ1) is 8.77. The van der Waals surface area contributed by atoms with Crippen LogP contribution in [0.1, 0.15) is 43.7 Å². The molecule has 0 radical (unpaired) electrons. The summed E-state index contributed by atoms with van der Waals surface area (Å²) in [4.78, 5) is 0. The molecule has 0 spiro atoms. The van der Waals surface area contributed by atoms with E-state index >= 15 is 0 Å². The zero-order valence-corrected chi connectivity index (χ0v) is 13.1. The van der Waals surface area contributed by atoms with Gasteiger partial charge in [0, 0.05) is 17.6 Å². The summed E-state index contributed by atoms with van der Waals surface area (Å²) in [7, 11) is 1.96. The van der Waals surface area contributed by atoms with Gasteiger partial charge in [0.05, 0.1) is 6.61 Å². The molecule has 0 aliphatic heterocycles. The number of hydrogen-bond acceptors (Lipinski definition) is 2. The summed E-state index contributed by atoms with van der Waals surface area (Å²) in [5.41, 5.74) is 2.52. The number of ether oxygens (including phenoxy) is 1. The topological polar surface area (TPSA) is 21.3 Å². The summed E-state index contributed by atoms with van der Waals surface area (Å²) in [5, 5.41) is 3.15. The normalized spacial score (nSPS) is 10.8. The third-order valence-corrected chi connectivity index (χ3v) is 3.64. The number of hydrogen-bond donors (Lipinski definition) is 1. The molecule has 0 unspecified atom stereocenters. The SMILES string of the molecule is CCCCCCOCc1ccc(CNC)cc1Br. The minimum atomic E-state index is 0.701. The highest BCUT2D eigenvalue weighted by atomic mass is 79.9. The van der Waals surface area contributed by atoms with Gasteiger partial charge in [-0.3, -0.25) is 0 Å². The minimum Gasteiger partial charge on any atom is -0.377 e. The van der Waals surface area contributed by atoms with Crippen LogP contribution < -0.4 is 5.32 Å². The molecule has 0 aliphatic carbocycles. The van der Waals surface area contributed by atoms with Gasteiger partial charge in [0.2, 0.25) is 0 Å². The summed E-state index contributed by atoms with van der Waals surface area (Å²) >= 11 is 3.60. The predicted molar refractivity (Wildman–Crippen MR) is 80.7 cm³/mol. The summed E-state index contributed by atoms with van der Waals surface area (Å²) in [6, 6.07) is 6.45. The Kier molecular flexibility index (Phi) is 8.31. The van der Waals surface area contributed by atoms with Crippen molar-refractivity contribution in [1.82, 2.24) is 5.32 Å². The van der Waals surface area contributed by atoms with Crippen molar-refractivity contribution < 1.29 is 4.74 Å². The second kappa shape index (κ2) is 9.54. The van der Waals surface area contributed by atoms with Gasteiger partial charge in [-0.05, 0) is 30.7 Å². The molecule has 0 bridgehead atoms.